The number of thiophene rings is 4. The summed E-state index contributed by atoms with van der Waals surface area (Å²) < 4.78 is 2.24. The molecule has 0 atom stereocenters. The number of carbonyl (C=O) groups excluding carboxylic acids is 4. The van der Waals surface area contributed by atoms with Gasteiger partial charge in [0.2, 0.25) is 0 Å². The van der Waals surface area contributed by atoms with E-state index in [2.05, 4.69) is 130 Å². The number of allylic oxidation sites excluding steroid dienone is 2. The highest BCUT2D eigenvalue weighted by atomic mass is 32.1. The molecule has 0 N–H and O–H groups in total. The normalized spacial score (nSPS) is 14.0. The summed E-state index contributed by atoms with van der Waals surface area (Å²) in [7, 11) is -4.37. The lowest BCUT2D eigenvalue weighted by Crippen LogP contribution is -2.43. The zero-order valence-electron chi connectivity index (χ0n) is 42.0. The average molecular weight is 1030 g/mol. The van der Waals surface area contributed by atoms with Crippen LogP contribution in [0.25, 0.3) is 51.8 Å². The quantitative estimate of drug-likeness (QED) is 0.0592. The molecule has 70 heavy (non-hydrogen) atoms. The number of ketones is 4. The molecule has 0 unspecified atom stereocenters. The highest BCUT2D eigenvalue weighted by molar-refractivity contribution is 7.28. The van der Waals surface area contributed by atoms with E-state index < -0.39 is 16.1 Å². The molecule has 10 heteroatoms. The second kappa shape index (κ2) is 19.0. The molecule has 0 saturated heterocycles. The first-order valence-corrected chi connectivity index (χ1v) is 32.1. The molecule has 0 aliphatic heterocycles. The van der Waals surface area contributed by atoms with Crippen LogP contribution in [0.5, 0.6) is 0 Å². The smallest absolute Gasteiger partial charge is 0.197 e. The molecule has 0 fully saturated rings. The van der Waals surface area contributed by atoms with Crippen molar-refractivity contribution in [2.45, 2.75) is 116 Å². The van der Waals surface area contributed by atoms with Crippen LogP contribution >= 0.6 is 45.3 Å². The summed E-state index contributed by atoms with van der Waals surface area (Å²) >= 11 is 6.67. The van der Waals surface area contributed by atoms with Gasteiger partial charge in [0, 0.05) is 62.3 Å². The number of rotatable bonds is 10. The van der Waals surface area contributed by atoms with Crippen molar-refractivity contribution in [1.29, 1.82) is 0 Å². The van der Waals surface area contributed by atoms with Gasteiger partial charge < -0.3 is 0 Å². The van der Waals surface area contributed by atoms with Gasteiger partial charge in [0.05, 0.1) is 31.7 Å². The Morgan fingerprint density at radius 1 is 0.400 bits per heavy atom. The first-order chi connectivity index (χ1) is 33.3. The molecule has 3 aromatic carbocycles. The largest absolute Gasteiger partial charge is 0.288 e. The summed E-state index contributed by atoms with van der Waals surface area (Å²) in [4.78, 5) is 59.6. The standard InChI is InChI=1S/C60H58O4S4Si2/c1-33(2)69(34(3)4,35(5)6)27-25-45-47-31-53(51-23-21-39(65-51)29-49-55(61)41-17-13-14-18-42(41)56(49)62)68-60(47)46(26-28-70(36(7)8,37(9)10)38(11)12)48-32-54(67-59(45)48)52-24-22-40(66-52)30-50-57(63)43-19-15-16-20-44(43)58(50)64/h13-24,29-38H,1-12H3. The number of carbonyl (C=O) groups is 4. The van der Waals surface area contributed by atoms with Gasteiger partial charge in [-0.2, -0.15) is 0 Å². The van der Waals surface area contributed by atoms with Crippen LogP contribution in [0.15, 0.2) is 96.1 Å². The van der Waals surface area contributed by atoms with E-state index in [1.807, 2.05) is 12.1 Å². The van der Waals surface area contributed by atoms with Crippen molar-refractivity contribution in [2.75, 3.05) is 0 Å². The summed E-state index contributed by atoms with van der Waals surface area (Å²) in [6.07, 6.45) is 3.52. The minimum absolute atomic E-state index is 0.207. The fourth-order valence-electron chi connectivity index (χ4n) is 11.7. The van der Waals surface area contributed by atoms with E-state index >= 15 is 0 Å². The third-order valence-electron chi connectivity index (χ3n) is 15.1. The number of hydrogen-bond acceptors (Lipinski definition) is 8. The molecule has 0 radical (unpaired) electrons. The third-order valence-corrected chi connectivity index (χ3v) is 32.5. The predicted octanol–water partition coefficient (Wildman–Crippen LogP) is 17.6. The Morgan fingerprint density at radius 2 is 0.700 bits per heavy atom. The summed E-state index contributed by atoms with van der Waals surface area (Å²) in [6, 6.07) is 27.0. The van der Waals surface area contributed by atoms with Crippen LogP contribution < -0.4 is 0 Å². The lowest BCUT2D eigenvalue weighted by atomic mass is 10.0. The van der Waals surface area contributed by atoms with Gasteiger partial charge in [0.15, 0.2) is 23.1 Å². The van der Waals surface area contributed by atoms with Crippen LogP contribution in [-0.2, 0) is 0 Å². The second-order valence-corrected chi connectivity index (χ2v) is 36.2. The first-order valence-electron chi connectivity index (χ1n) is 24.4. The maximum Gasteiger partial charge on any atom is 0.197 e. The number of fused-ring (bicyclic) bond motifs is 4. The Balaban J connectivity index is 1.27. The average Bonchev–Trinajstić information content (AvgIpc) is 4.19. The molecule has 4 aromatic heterocycles. The molecule has 0 spiro atoms. The molecular formula is C60H58O4S4Si2. The highest BCUT2D eigenvalue weighted by Crippen LogP contribution is 2.49. The Bertz CT molecular complexity index is 3120. The maximum absolute atomic E-state index is 13.4. The van der Waals surface area contributed by atoms with Crippen LogP contribution in [-0.4, -0.2) is 39.3 Å². The molecule has 7 aromatic rings. The van der Waals surface area contributed by atoms with Gasteiger partial charge in [-0.25, -0.2) is 0 Å². The molecule has 0 amide bonds. The zero-order valence-corrected chi connectivity index (χ0v) is 47.2. The Labute approximate surface area is 431 Å². The molecule has 0 bridgehead atoms. The van der Waals surface area contributed by atoms with Crippen molar-refractivity contribution in [3.8, 4) is 42.4 Å². The van der Waals surface area contributed by atoms with E-state index in [0.717, 1.165) is 60.6 Å². The van der Waals surface area contributed by atoms with Gasteiger partial charge in [-0.15, -0.1) is 56.4 Å². The van der Waals surface area contributed by atoms with Crippen molar-refractivity contribution in [3.05, 3.63) is 139 Å². The minimum Gasteiger partial charge on any atom is -0.288 e. The molecule has 0 saturated carbocycles. The minimum atomic E-state index is -2.18. The van der Waals surface area contributed by atoms with Crippen molar-refractivity contribution in [2.24, 2.45) is 0 Å². The number of Topliss-reactive ketones (excluding diaryl/α,β-unsaturated/α-hetero) is 4. The first kappa shape index (κ1) is 49.7. The van der Waals surface area contributed by atoms with E-state index in [1.165, 1.54) is 0 Å². The predicted molar refractivity (Wildman–Crippen MR) is 306 cm³/mol. The highest BCUT2D eigenvalue weighted by Gasteiger charge is 2.43. The molecule has 4 nitrogen and oxygen atoms in total. The maximum atomic E-state index is 13.4. The van der Waals surface area contributed by atoms with Gasteiger partial charge in [0.25, 0.3) is 0 Å². The van der Waals surface area contributed by atoms with Gasteiger partial charge in [0.1, 0.15) is 16.1 Å². The fourth-order valence-corrected chi connectivity index (χ4v) is 26.5. The summed E-state index contributed by atoms with van der Waals surface area (Å²) in [6.45, 7) is 28.3. The number of benzene rings is 3. The van der Waals surface area contributed by atoms with Crippen LogP contribution in [0.4, 0.5) is 0 Å². The van der Waals surface area contributed by atoms with Crippen molar-refractivity contribution < 1.29 is 19.2 Å². The lowest BCUT2D eigenvalue weighted by molar-refractivity contribution is 0.0975. The third kappa shape index (κ3) is 8.19. The molecular weight excluding hydrogens is 969 g/mol. The Hall–Kier alpha value is -5.31. The van der Waals surface area contributed by atoms with E-state index in [-0.39, 0.29) is 34.3 Å². The summed E-state index contributed by atoms with van der Waals surface area (Å²) in [5.74, 6) is 7.04. The summed E-state index contributed by atoms with van der Waals surface area (Å²) in [5, 5.41) is 2.20. The van der Waals surface area contributed by atoms with Crippen LogP contribution in [0.3, 0.4) is 0 Å². The van der Waals surface area contributed by atoms with Crippen molar-refractivity contribution in [3.63, 3.8) is 0 Å². The van der Waals surface area contributed by atoms with Gasteiger partial charge in [-0.05, 0) is 81.8 Å². The lowest BCUT2D eigenvalue weighted by Gasteiger charge is -2.38. The fraction of sp³-hybridized carbons (Fsp3) is 0.300. The monoisotopic (exact) mass is 1030 g/mol. The van der Waals surface area contributed by atoms with Crippen LogP contribution in [0, 0.1) is 22.9 Å². The van der Waals surface area contributed by atoms with Crippen molar-refractivity contribution in [1.82, 2.24) is 0 Å². The molecule has 354 valence electrons. The van der Waals surface area contributed by atoms with E-state index in [9.17, 15) is 19.2 Å². The van der Waals surface area contributed by atoms with Gasteiger partial charge >= 0.3 is 0 Å². The van der Waals surface area contributed by atoms with E-state index in [0.29, 0.717) is 55.5 Å². The van der Waals surface area contributed by atoms with Gasteiger partial charge in [-0.3, -0.25) is 19.2 Å². The van der Waals surface area contributed by atoms with Crippen molar-refractivity contribution >= 4 is 117 Å². The molecule has 2 aliphatic rings. The second-order valence-electron chi connectivity index (χ2n) is 20.7. The number of hydrogen-bond donors (Lipinski definition) is 0. The molecule has 9 rings (SSSR count). The summed E-state index contributed by atoms with van der Waals surface area (Å²) in [5.41, 5.74) is 15.2. The Kier molecular flexibility index (Phi) is 13.5. The molecule has 2 aliphatic carbocycles. The van der Waals surface area contributed by atoms with E-state index in [4.69, 9.17) is 0 Å². The zero-order chi connectivity index (χ0) is 50.1. The van der Waals surface area contributed by atoms with E-state index in [1.54, 1.807) is 106 Å². The van der Waals surface area contributed by atoms with Crippen LogP contribution in [0.1, 0.15) is 145 Å². The topological polar surface area (TPSA) is 68.3 Å². The molecule has 4 heterocycles. The Morgan fingerprint density at radius 3 is 0.986 bits per heavy atom. The van der Waals surface area contributed by atoms with Gasteiger partial charge in [-0.1, -0.05) is 143 Å². The van der Waals surface area contributed by atoms with Crippen LogP contribution in [0.2, 0.25) is 33.2 Å². The SMILES string of the molecule is CC(C)[Si](C#Cc1c2cc(-c3ccc(C=C4C(=O)c5ccccc5C4=O)s3)sc2c(C#C[Si](C(C)C)(C(C)C)C(C)C)c2cc(-c3ccc(C=C4C(=O)c5ccccc5C4=O)s3)sc12)(C(C)C)C(C)C.